The van der Waals surface area contributed by atoms with Crippen LogP contribution in [0.5, 0.6) is 0 Å². The van der Waals surface area contributed by atoms with E-state index in [9.17, 15) is 19.2 Å². The molecule has 4 atom stereocenters. The molecule has 0 spiro atoms. The number of rotatable bonds is 12. The summed E-state index contributed by atoms with van der Waals surface area (Å²) >= 11 is 6.44. The van der Waals surface area contributed by atoms with E-state index in [1.807, 2.05) is 68.4 Å². The lowest BCUT2D eigenvalue weighted by atomic mass is 9.64. The molecular formula is C33H42ClN3O5. The number of carbonyl (C=O) groups is 4. The van der Waals surface area contributed by atoms with Crippen LogP contribution < -0.4 is 16.0 Å². The number of nitrogens with one attached hydrogen (secondary N) is 3. The monoisotopic (exact) mass is 595 g/mol. The van der Waals surface area contributed by atoms with Crippen molar-refractivity contribution >= 4 is 35.8 Å². The molecule has 8 nitrogen and oxygen atoms in total. The number of carbonyl (C=O) groups excluding carboxylic acids is 4. The van der Waals surface area contributed by atoms with E-state index in [0.29, 0.717) is 30.7 Å². The topological polar surface area (TPSA) is 114 Å². The van der Waals surface area contributed by atoms with Gasteiger partial charge in [0.1, 0.15) is 18.4 Å². The van der Waals surface area contributed by atoms with Crippen LogP contribution in [-0.4, -0.2) is 42.8 Å². The smallest absolute Gasteiger partial charge is 0.408 e. The molecule has 42 heavy (non-hydrogen) atoms. The first kappa shape index (κ1) is 31.5. The molecule has 0 aromatic heterocycles. The maximum absolute atomic E-state index is 13.6. The zero-order valence-electron chi connectivity index (χ0n) is 24.4. The Morgan fingerprint density at radius 3 is 2.43 bits per heavy atom. The van der Waals surface area contributed by atoms with Crippen LogP contribution in [0.2, 0.25) is 5.02 Å². The predicted molar refractivity (Wildman–Crippen MR) is 162 cm³/mol. The Morgan fingerprint density at radius 1 is 1.07 bits per heavy atom. The van der Waals surface area contributed by atoms with Crippen molar-refractivity contribution in [2.75, 3.05) is 6.54 Å². The van der Waals surface area contributed by atoms with E-state index < -0.39 is 35.6 Å². The minimum absolute atomic E-state index is 0.0809. The highest BCUT2D eigenvalue weighted by molar-refractivity contribution is 6.30. The molecule has 1 unspecified atom stereocenters. The first-order chi connectivity index (χ1) is 20.2. The van der Waals surface area contributed by atoms with Gasteiger partial charge in [0.25, 0.3) is 0 Å². The Balaban J connectivity index is 1.56. The number of amides is 3. The molecule has 2 aromatic carbocycles. The summed E-state index contributed by atoms with van der Waals surface area (Å²) < 4.78 is 6.29. The quantitative estimate of drug-likeness (QED) is 0.275. The highest BCUT2D eigenvalue weighted by atomic mass is 35.5. The van der Waals surface area contributed by atoms with Gasteiger partial charge >= 0.3 is 6.09 Å². The lowest BCUT2D eigenvalue weighted by Crippen LogP contribution is -2.52. The molecule has 4 rings (SSSR count). The summed E-state index contributed by atoms with van der Waals surface area (Å²) in [6.07, 6.45) is 5.27. The average molecular weight is 596 g/mol. The lowest BCUT2D eigenvalue weighted by molar-refractivity contribution is -0.127. The number of aldehydes is 1. The normalized spacial score (nSPS) is 20.2. The second kappa shape index (κ2) is 14.7. The van der Waals surface area contributed by atoms with Crippen LogP contribution >= 0.6 is 11.6 Å². The van der Waals surface area contributed by atoms with Crippen LogP contribution in [0.3, 0.4) is 0 Å². The van der Waals surface area contributed by atoms with E-state index in [2.05, 4.69) is 16.0 Å². The molecule has 226 valence electrons. The van der Waals surface area contributed by atoms with Gasteiger partial charge in [-0.05, 0) is 61.3 Å². The van der Waals surface area contributed by atoms with E-state index >= 15 is 0 Å². The first-order valence-corrected chi connectivity index (χ1v) is 15.4. The fourth-order valence-corrected chi connectivity index (χ4v) is 6.60. The zero-order valence-corrected chi connectivity index (χ0v) is 25.2. The summed E-state index contributed by atoms with van der Waals surface area (Å²) in [5.74, 6) is -0.835. The second-order valence-corrected chi connectivity index (χ2v) is 12.4. The van der Waals surface area contributed by atoms with Gasteiger partial charge in [0.05, 0.1) is 6.04 Å². The molecule has 1 saturated carbocycles. The van der Waals surface area contributed by atoms with E-state index in [1.165, 1.54) is 0 Å². The molecule has 1 aliphatic carbocycles. The lowest BCUT2D eigenvalue weighted by Gasteiger charge is -2.44. The fourth-order valence-electron chi connectivity index (χ4n) is 6.41. The molecule has 3 N–H and O–H groups in total. The maximum atomic E-state index is 13.6. The van der Waals surface area contributed by atoms with Crippen molar-refractivity contribution in [1.82, 2.24) is 16.0 Å². The van der Waals surface area contributed by atoms with E-state index in [4.69, 9.17) is 16.3 Å². The third-order valence-electron chi connectivity index (χ3n) is 8.48. The first-order valence-electron chi connectivity index (χ1n) is 15.0. The maximum Gasteiger partial charge on any atom is 0.408 e. The van der Waals surface area contributed by atoms with Gasteiger partial charge < -0.3 is 25.5 Å². The Hall–Kier alpha value is -3.39. The number of hydrogen-bond donors (Lipinski definition) is 3. The fraction of sp³-hybridized carbons (Fsp3) is 0.515. The van der Waals surface area contributed by atoms with Crippen molar-refractivity contribution in [2.24, 2.45) is 11.8 Å². The molecular weight excluding hydrogens is 554 g/mol. The molecule has 2 aliphatic rings. The third kappa shape index (κ3) is 7.91. The van der Waals surface area contributed by atoms with Gasteiger partial charge in [-0.25, -0.2) is 4.79 Å². The molecule has 1 heterocycles. The zero-order chi connectivity index (χ0) is 30.1. The summed E-state index contributed by atoms with van der Waals surface area (Å²) in [7, 11) is 0. The highest BCUT2D eigenvalue weighted by Gasteiger charge is 2.45. The van der Waals surface area contributed by atoms with Gasteiger partial charge in [-0.1, -0.05) is 87.2 Å². The van der Waals surface area contributed by atoms with E-state index in [-0.39, 0.29) is 24.2 Å². The van der Waals surface area contributed by atoms with Crippen LogP contribution in [0.1, 0.15) is 82.4 Å². The molecule has 1 saturated heterocycles. The molecule has 1 aliphatic heterocycles. The number of halogens is 1. The van der Waals surface area contributed by atoms with Crippen molar-refractivity contribution in [3.8, 4) is 0 Å². The Bertz CT molecular complexity index is 1230. The largest absolute Gasteiger partial charge is 0.440 e. The molecule has 2 fully saturated rings. The SMILES string of the molecule is CC(C)C[C@H](NC(=O)OC(c1ccccc1)C1(c2cccc(Cl)c2)CCCCC1)C(=O)N[C@H](C=O)C[C@@H]1CCNC1=O. The highest BCUT2D eigenvalue weighted by Crippen LogP contribution is 2.50. The summed E-state index contributed by atoms with van der Waals surface area (Å²) in [4.78, 5) is 50.8. The second-order valence-electron chi connectivity index (χ2n) is 12.0. The van der Waals surface area contributed by atoms with E-state index in [0.717, 1.165) is 43.2 Å². The minimum Gasteiger partial charge on any atom is -0.440 e. The van der Waals surface area contributed by atoms with Gasteiger partial charge in [-0.3, -0.25) is 9.59 Å². The van der Waals surface area contributed by atoms with Crippen molar-refractivity contribution in [3.63, 3.8) is 0 Å². The van der Waals surface area contributed by atoms with Crippen LogP contribution in [0.15, 0.2) is 54.6 Å². The Kier molecular flexibility index (Phi) is 11.0. The number of ether oxygens (including phenoxy) is 1. The Morgan fingerprint density at radius 2 is 1.81 bits per heavy atom. The van der Waals surface area contributed by atoms with Crippen molar-refractivity contribution < 1.29 is 23.9 Å². The van der Waals surface area contributed by atoms with Crippen LogP contribution in [0.4, 0.5) is 4.79 Å². The van der Waals surface area contributed by atoms with Crippen molar-refractivity contribution in [1.29, 1.82) is 0 Å². The van der Waals surface area contributed by atoms with Crippen LogP contribution in [0.25, 0.3) is 0 Å². The van der Waals surface area contributed by atoms with Crippen molar-refractivity contribution in [2.45, 2.75) is 88.8 Å². The van der Waals surface area contributed by atoms with Gasteiger partial charge in [0.2, 0.25) is 11.8 Å². The minimum atomic E-state index is -0.915. The summed E-state index contributed by atoms with van der Waals surface area (Å²) in [5.41, 5.74) is 1.41. The van der Waals surface area contributed by atoms with Gasteiger partial charge in [-0.2, -0.15) is 0 Å². The van der Waals surface area contributed by atoms with Crippen LogP contribution in [-0.2, 0) is 24.5 Å². The van der Waals surface area contributed by atoms with Gasteiger partial charge in [0.15, 0.2) is 0 Å². The molecule has 0 radical (unpaired) electrons. The molecule has 0 bridgehead atoms. The van der Waals surface area contributed by atoms with Crippen LogP contribution in [0, 0.1) is 11.8 Å². The summed E-state index contributed by atoms with van der Waals surface area (Å²) in [6.45, 7) is 4.47. The number of hydrogen-bond acceptors (Lipinski definition) is 5. The molecule has 9 heteroatoms. The average Bonchev–Trinajstić information content (AvgIpc) is 3.39. The van der Waals surface area contributed by atoms with Gasteiger partial charge in [0, 0.05) is 22.9 Å². The molecule has 2 aromatic rings. The Labute approximate surface area is 253 Å². The summed E-state index contributed by atoms with van der Waals surface area (Å²) in [5, 5.41) is 8.93. The standard InChI is InChI=1S/C33H42ClN3O5/c1-22(2)18-28(31(40)36-27(21-38)19-24-14-17-35-30(24)39)37-32(41)42-29(23-10-5-3-6-11-23)33(15-7-4-8-16-33)25-12-9-13-26(34)20-25/h3,5-6,9-13,20-22,24,27-29H,4,7-8,14-19H2,1-2H3,(H,35,39)(H,36,40)(H,37,41)/t24-,27-,28-,29?/m0/s1. The third-order valence-corrected chi connectivity index (χ3v) is 8.72. The van der Waals surface area contributed by atoms with Gasteiger partial charge in [-0.15, -0.1) is 0 Å². The number of benzene rings is 2. The van der Waals surface area contributed by atoms with E-state index in [1.54, 1.807) is 0 Å². The predicted octanol–water partition coefficient (Wildman–Crippen LogP) is 5.63. The summed E-state index contributed by atoms with van der Waals surface area (Å²) in [6, 6.07) is 15.7. The number of alkyl carbamates (subject to hydrolysis) is 1. The molecule has 3 amide bonds. The van der Waals surface area contributed by atoms with Crippen molar-refractivity contribution in [3.05, 3.63) is 70.7 Å².